The number of nitrogen functional groups attached to an aromatic ring is 1. The number of anilines is 1. The largest absolute Gasteiger partial charge is 0.433 e. The fourth-order valence-electron chi connectivity index (χ4n) is 1.76. The van der Waals surface area contributed by atoms with Gasteiger partial charge >= 0.3 is 6.18 Å². The van der Waals surface area contributed by atoms with Crippen molar-refractivity contribution in [1.29, 1.82) is 0 Å². The predicted molar refractivity (Wildman–Crippen MR) is 71.7 cm³/mol. The first kappa shape index (κ1) is 14.4. The van der Waals surface area contributed by atoms with Crippen molar-refractivity contribution >= 4 is 5.69 Å². The molecule has 2 aromatic rings. The molecule has 20 heavy (non-hydrogen) atoms. The molecule has 6 heteroatoms. The molecule has 0 amide bonds. The van der Waals surface area contributed by atoms with Gasteiger partial charge in [0.1, 0.15) is 5.69 Å². The molecule has 1 heterocycles. The Morgan fingerprint density at radius 2 is 1.60 bits per heavy atom. The lowest BCUT2D eigenvalue weighted by atomic mass is 9.92. The molecular formula is C14H16F3N3. The van der Waals surface area contributed by atoms with Gasteiger partial charge in [-0.2, -0.15) is 18.3 Å². The van der Waals surface area contributed by atoms with Crippen LogP contribution in [0.15, 0.2) is 30.3 Å². The lowest BCUT2D eigenvalue weighted by Gasteiger charge is -2.14. The molecule has 0 aliphatic rings. The van der Waals surface area contributed by atoms with E-state index in [0.717, 1.165) is 10.7 Å². The second-order valence-electron chi connectivity index (χ2n) is 5.67. The number of aromatic nitrogens is 2. The summed E-state index contributed by atoms with van der Waals surface area (Å²) >= 11 is 0. The number of hydrogen-bond acceptors (Lipinski definition) is 2. The third-order valence-electron chi connectivity index (χ3n) is 2.91. The summed E-state index contributed by atoms with van der Waals surface area (Å²) < 4.78 is 40.3. The van der Waals surface area contributed by atoms with E-state index in [9.17, 15) is 13.2 Å². The molecule has 0 aliphatic heterocycles. The molecule has 0 aliphatic carbocycles. The highest BCUT2D eigenvalue weighted by atomic mass is 19.4. The van der Waals surface area contributed by atoms with Gasteiger partial charge in [-0.25, -0.2) is 4.68 Å². The van der Waals surface area contributed by atoms with Crippen LogP contribution in [0, 0.1) is 0 Å². The van der Waals surface area contributed by atoms with Crippen LogP contribution in [0.4, 0.5) is 18.9 Å². The first-order chi connectivity index (χ1) is 9.09. The number of nitrogens with zero attached hydrogens (tertiary/aromatic N) is 2. The normalized spacial score (nSPS) is 12.7. The predicted octanol–water partition coefficient (Wildman–Crippen LogP) is 3.77. The highest BCUT2D eigenvalue weighted by molar-refractivity contribution is 5.45. The quantitative estimate of drug-likeness (QED) is 0.810. The average molecular weight is 283 g/mol. The number of halogens is 3. The molecule has 108 valence electrons. The molecule has 3 nitrogen and oxygen atoms in total. The van der Waals surface area contributed by atoms with Crippen LogP contribution in [0.5, 0.6) is 0 Å². The molecule has 0 saturated heterocycles. The van der Waals surface area contributed by atoms with E-state index in [2.05, 4.69) is 5.10 Å². The molecule has 0 unspecified atom stereocenters. The minimum absolute atomic E-state index is 0.335. The highest BCUT2D eigenvalue weighted by Crippen LogP contribution is 2.34. The topological polar surface area (TPSA) is 43.8 Å². The van der Waals surface area contributed by atoms with Crippen molar-refractivity contribution in [2.24, 2.45) is 0 Å². The maximum Gasteiger partial charge on any atom is 0.433 e. The van der Waals surface area contributed by atoms with Gasteiger partial charge in [0.2, 0.25) is 0 Å². The Hall–Kier alpha value is -1.98. The Balaban J connectivity index is 2.62. The van der Waals surface area contributed by atoms with Crippen LogP contribution >= 0.6 is 0 Å². The van der Waals surface area contributed by atoms with Crippen molar-refractivity contribution in [3.63, 3.8) is 0 Å². The lowest BCUT2D eigenvalue weighted by molar-refractivity contribution is -0.142. The minimum Gasteiger partial charge on any atom is -0.399 e. The van der Waals surface area contributed by atoms with Gasteiger partial charge < -0.3 is 5.73 Å². The minimum atomic E-state index is -4.46. The van der Waals surface area contributed by atoms with Crippen molar-refractivity contribution in [3.05, 3.63) is 41.7 Å². The van der Waals surface area contributed by atoms with E-state index in [1.165, 1.54) is 12.1 Å². The van der Waals surface area contributed by atoms with Gasteiger partial charge in [0.15, 0.2) is 0 Å². The SMILES string of the molecule is CC(C)(C)c1cc(C(F)(F)F)n(-c2ccc(N)cc2)n1. The van der Waals surface area contributed by atoms with Gasteiger partial charge in [-0.1, -0.05) is 20.8 Å². The molecular weight excluding hydrogens is 267 g/mol. The maximum atomic E-state index is 13.1. The summed E-state index contributed by atoms with van der Waals surface area (Å²) in [7, 11) is 0. The van der Waals surface area contributed by atoms with Gasteiger partial charge in [-0.15, -0.1) is 0 Å². The first-order valence-corrected chi connectivity index (χ1v) is 6.13. The zero-order valence-electron chi connectivity index (χ0n) is 11.5. The number of nitrogens with two attached hydrogens (primary N) is 1. The fraction of sp³-hybridized carbons (Fsp3) is 0.357. The molecule has 2 rings (SSSR count). The van der Waals surface area contributed by atoms with Crippen molar-refractivity contribution in [1.82, 2.24) is 9.78 Å². The number of rotatable bonds is 1. The molecule has 0 spiro atoms. The summed E-state index contributed by atoms with van der Waals surface area (Å²) in [6.45, 7) is 5.47. The summed E-state index contributed by atoms with van der Waals surface area (Å²) in [6.07, 6.45) is -4.46. The van der Waals surface area contributed by atoms with E-state index in [0.29, 0.717) is 17.1 Å². The van der Waals surface area contributed by atoms with E-state index in [1.807, 2.05) is 20.8 Å². The van der Waals surface area contributed by atoms with Crippen LogP contribution in [0.2, 0.25) is 0 Å². The van der Waals surface area contributed by atoms with Gasteiger partial charge in [0.05, 0.1) is 11.4 Å². The molecule has 0 fully saturated rings. The van der Waals surface area contributed by atoms with Crippen LogP contribution in [0.1, 0.15) is 32.2 Å². The van der Waals surface area contributed by atoms with E-state index in [4.69, 9.17) is 5.73 Å². The molecule has 0 atom stereocenters. The van der Waals surface area contributed by atoms with Crippen molar-refractivity contribution < 1.29 is 13.2 Å². The Kier molecular flexibility index (Phi) is 3.28. The molecule has 1 aromatic heterocycles. The van der Waals surface area contributed by atoms with E-state index in [-0.39, 0.29) is 0 Å². The second-order valence-corrected chi connectivity index (χ2v) is 5.67. The third-order valence-corrected chi connectivity index (χ3v) is 2.91. The van der Waals surface area contributed by atoms with Crippen LogP contribution in [0.25, 0.3) is 5.69 Å². The molecule has 0 bridgehead atoms. The molecule has 2 N–H and O–H groups in total. The van der Waals surface area contributed by atoms with E-state index >= 15 is 0 Å². The highest BCUT2D eigenvalue weighted by Gasteiger charge is 2.37. The molecule has 0 saturated carbocycles. The maximum absolute atomic E-state index is 13.1. The van der Waals surface area contributed by atoms with Gasteiger partial charge in [0.25, 0.3) is 0 Å². The smallest absolute Gasteiger partial charge is 0.399 e. The summed E-state index contributed by atoms with van der Waals surface area (Å²) in [4.78, 5) is 0. The van der Waals surface area contributed by atoms with Crippen LogP contribution in [0.3, 0.4) is 0 Å². The summed E-state index contributed by atoms with van der Waals surface area (Å²) in [5.41, 5.74) is 5.52. The van der Waals surface area contributed by atoms with Gasteiger partial charge in [-0.3, -0.25) is 0 Å². The van der Waals surface area contributed by atoms with Gasteiger partial charge in [0, 0.05) is 11.1 Å². The van der Waals surface area contributed by atoms with Crippen LogP contribution in [-0.4, -0.2) is 9.78 Å². The van der Waals surface area contributed by atoms with Gasteiger partial charge in [-0.05, 0) is 30.3 Å². The summed E-state index contributed by atoms with van der Waals surface area (Å²) in [6, 6.07) is 7.23. The Labute approximate surface area is 115 Å². The number of hydrogen-bond donors (Lipinski definition) is 1. The third kappa shape index (κ3) is 2.79. The summed E-state index contributed by atoms with van der Waals surface area (Å²) in [5.74, 6) is 0. The molecule has 1 aromatic carbocycles. The standard InChI is InChI=1S/C14H16F3N3/c1-13(2,3)11-8-12(14(15,16)17)20(19-11)10-6-4-9(18)5-7-10/h4-8H,18H2,1-3H3. The first-order valence-electron chi connectivity index (χ1n) is 6.13. The van der Waals surface area contributed by atoms with Crippen molar-refractivity contribution in [3.8, 4) is 5.69 Å². The number of benzene rings is 1. The Morgan fingerprint density at radius 3 is 2.05 bits per heavy atom. The fourth-order valence-corrected chi connectivity index (χ4v) is 1.76. The van der Waals surface area contributed by atoms with Crippen LogP contribution in [-0.2, 0) is 11.6 Å². The summed E-state index contributed by atoms with van der Waals surface area (Å²) in [5, 5.41) is 4.10. The molecule has 0 radical (unpaired) electrons. The van der Waals surface area contributed by atoms with E-state index < -0.39 is 17.3 Å². The Morgan fingerprint density at radius 1 is 1.05 bits per heavy atom. The zero-order valence-corrected chi connectivity index (χ0v) is 11.5. The zero-order chi connectivity index (χ0) is 15.1. The average Bonchev–Trinajstić information content (AvgIpc) is 2.74. The van der Waals surface area contributed by atoms with Crippen molar-refractivity contribution in [2.45, 2.75) is 32.4 Å². The van der Waals surface area contributed by atoms with Crippen molar-refractivity contribution in [2.75, 3.05) is 5.73 Å². The monoisotopic (exact) mass is 283 g/mol. The van der Waals surface area contributed by atoms with E-state index in [1.54, 1.807) is 12.1 Å². The second kappa shape index (κ2) is 4.54. The number of alkyl halides is 3. The lowest BCUT2D eigenvalue weighted by Crippen LogP contribution is -2.14. The van der Waals surface area contributed by atoms with Crippen LogP contribution < -0.4 is 5.73 Å². The Bertz CT molecular complexity index is 604.